The molecule has 112 valence electrons. The van der Waals surface area contributed by atoms with Crippen molar-refractivity contribution in [1.29, 1.82) is 0 Å². The topological polar surface area (TPSA) is 87.3 Å². The normalized spacial score (nSPS) is 19.8. The lowest BCUT2D eigenvalue weighted by atomic mass is 10.1. The zero-order valence-electron chi connectivity index (χ0n) is 10.7. The molecule has 6 nitrogen and oxygen atoms in total. The average molecular weight is 382 g/mol. The maximum Gasteiger partial charge on any atom is 0.250 e. The smallest absolute Gasteiger partial charge is 0.250 e. The summed E-state index contributed by atoms with van der Waals surface area (Å²) in [6, 6.07) is 3.24. The number of carbonyl (C=O) groups excluding carboxylic acids is 1. The van der Waals surface area contributed by atoms with Crippen molar-refractivity contribution >= 4 is 43.2 Å². The molecule has 1 aromatic heterocycles. The highest BCUT2D eigenvalue weighted by atomic mass is 79.9. The second-order valence-electron chi connectivity index (χ2n) is 4.49. The van der Waals surface area contributed by atoms with Gasteiger partial charge in [-0.25, -0.2) is 13.1 Å². The average Bonchev–Trinajstić information content (AvgIpc) is 2.85. The Balaban J connectivity index is 1.83. The van der Waals surface area contributed by atoms with Gasteiger partial charge >= 0.3 is 0 Å². The van der Waals surface area contributed by atoms with Crippen LogP contribution in [0, 0.1) is 0 Å². The quantitative estimate of drug-likeness (QED) is 0.698. The maximum atomic E-state index is 11.9. The molecule has 20 heavy (non-hydrogen) atoms. The van der Waals surface area contributed by atoms with Crippen LogP contribution in [0.2, 0.25) is 0 Å². The van der Waals surface area contributed by atoms with Crippen molar-refractivity contribution < 1.29 is 13.2 Å². The Bertz CT molecular complexity index is 567. The van der Waals surface area contributed by atoms with E-state index < -0.39 is 10.0 Å². The fraction of sp³-hybridized carbons (Fsp3) is 0.545. The highest BCUT2D eigenvalue weighted by Crippen LogP contribution is 2.25. The predicted octanol–water partition coefficient (Wildman–Crippen LogP) is 0.657. The van der Waals surface area contributed by atoms with Gasteiger partial charge in [0.1, 0.15) is 4.21 Å². The van der Waals surface area contributed by atoms with Crippen LogP contribution < -0.4 is 15.4 Å². The Kier molecular flexibility index (Phi) is 5.56. The summed E-state index contributed by atoms with van der Waals surface area (Å²) in [5.41, 5.74) is 0. The van der Waals surface area contributed by atoms with Gasteiger partial charge in [0.15, 0.2) is 0 Å². The first-order valence-electron chi connectivity index (χ1n) is 6.22. The Morgan fingerprint density at radius 1 is 1.50 bits per heavy atom. The van der Waals surface area contributed by atoms with Gasteiger partial charge in [0.05, 0.1) is 10.3 Å². The molecule has 0 saturated carbocycles. The van der Waals surface area contributed by atoms with Gasteiger partial charge in [0.25, 0.3) is 10.0 Å². The van der Waals surface area contributed by atoms with Crippen molar-refractivity contribution in [3.05, 3.63) is 15.9 Å². The van der Waals surface area contributed by atoms with Crippen molar-refractivity contribution in [2.45, 2.75) is 23.1 Å². The zero-order chi connectivity index (χ0) is 14.6. The van der Waals surface area contributed by atoms with Crippen molar-refractivity contribution in [2.24, 2.45) is 0 Å². The number of carbonyl (C=O) groups is 1. The fourth-order valence-corrected chi connectivity index (χ4v) is 4.96. The summed E-state index contributed by atoms with van der Waals surface area (Å²) in [5.74, 6) is -0.308. The number of nitrogens with one attached hydrogen (secondary N) is 3. The molecule has 2 heterocycles. The summed E-state index contributed by atoms with van der Waals surface area (Å²) in [5, 5.41) is 6.00. The van der Waals surface area contributed by atoms with E-state index in [1.54, 1.807) is 6.07 Å². The lowest BCUT2D eigenvalue weighted by molar-refractivity contribution is -0.120. The first-order valence-corrected chi connectivity index (χ1v) is 9.32. The highest BCUT2D eigenvalue weighted by Gasteiger charge is 2.19. The molecule has 9 heteroatoms. The predicted molar refractivity (Wildman–Crippen MR) is 81.2 cm³/mol. The molecular weight excluding hydrogens is 366 g/mol. The van der Waals surface area contributed by atoms with Crippen LogP contribution in [0.15, 0.2) is 20.1 Å². The number of rotatable bonds is 5. The number of halogens is 1. The van der Waals surface area contributed by atoms with E-state index in [-0.39, 0.29) is 22.7 Å². The third-order valence-corrected chi connectivity index (χ3v) is 6.41. The van der Waals surface area contributed by atoms with Gasteiger partial charge in [-0.1, -0.05) is 0 Å². The van der Waals surface area contributed by atoms with E-state index in [4.69, 9.17) is 0 Å². The molecule has 1 saturated heterocycles. The van der Waals surface area contributed by atoms with Gasteiger partial charge in [-0.3, -0.25) is 4.79 Å². The molecule has 1 amide bonds. The third kappa shape index (κ3) is 4.52. The van der Waals surface area contributed by atoms with Crippen LogP contribution in [-0.4, -0.2) is 40.0 Å². The molecular formula is C11H16BrN3O3S2. The summed E-state index contributed by atoms with van der Waals surface area (Å²) in [4.78, 5) is 11.7. The van der Waals surface area contributed by atoms with Crippen LogP contribution in [0.1, 0.15) is 12.8 Å². The van der Waals surface area contributed by atoms with Crippen molar-refractivity contribution in [1.82, 2.24) is 15.4 Å². The largest absolute Gasteiger partial charge is 0.351 e. The van der Waals surface area contributed by atoms with Crippen LogP contribution in [0.5, 0.6) is 0 Å². The number of piperidine rings is 1. The Labute approximate surface area is 130 Å². The Hall–Kier alpha value is -0.480. The summed E-state index contributed by atoms with van der Waals surface area (Å²) in [6.07, 6.45) is 1.93. The van der Waals surface area contributed by atoms with Crippen LogP contribution in [0.3, 0.4) is 0 Å². The molecule has 1 aliphatic rings. The van der Waals surface area contributed by atoms with Gasteiger partial charge in [0, 0.05) is 12.6 Å². The van der Waals surface area contributed by atoms with Gasteiger partial charge in [-0.2, -0.15) is 0 Å². The van der Waals surface area contributed by atoms with E-state index in [9.17, 15) is 13.2 Å². The van der Waals surface area contributed by atoms with E-state index in [0.29, 0.717) is 0 Å². The number of amides is 1. The van der Waals surface area contributed by atoms with Crippen molar-refractivity contribution in [3.8, 4) is 0 Å². The molecule has 0 spiro atoms. The molecule has 1 atom stereocenters. The molecule has 3 N–H and O–H groups in total. The van der Waals surface area contributed by atoms with E-state index in [1.165, 1.54) is 6.07 Å². The Morgan fingerprint density at radius 3 is 2.90 bits per heavy atom. The minimum absolute atomic E-state index is 0.0802. The van der Waals surface area contributed by atoms with E-state index in [0.717, 1.165) is 41.1 Å². The molecule has 2 rings (SSSR count). The summed E-state index contributed by atoms with van der Waals surface area (Å²) in [7, 11) is -3.61. The molecule has 0 bridgehead atoms. The summed E-state index contributed by atoms with van der Waals surface area (Å²) < 4.78 is 27.1. The number of sulfonamides is 1. The first-order chi connectivity index (χ1) is 9.47. The minimum Gasteiger partial charge on any atom is -0.351 e. The van der Waals surface area contributed by atoms with Gasteiger partial charge < -0.3 is 10.6 Å². The molecule has 0 aliphatic carbocycles. The Morgan fingerprint density at radius 2 is 2.30 bits per heavy atom. The van der Waals surface area contributed by atoms with Crippen LogP contribution in [-0.2, 0) is 14.8 Å². The summed E-state index contributed by atoms with van der Waals surface area (Å²) in [6.45, 7) is 1.46. The van der Waals surface area contributed by atoms with E-state index in [1.807, 2.05) is 0 Å². The van der Waals surface area contributed by atoms with Gasteiger partial charge in [0.2, 0.25) is 5.91 Å². The zero-order valence-corrected chi connectivity index (χ0v) is 13.9. The van der Waals surface area contributed by atoms with Gasteiger partial charge in [-0.05, 0) is 47.4 Å². The van der Waals surface area contributed by atoms with Crippen molar-refractivity contribution in [3.63, 3.8) is 0 Å². The molecule has 0 radical (unpaired) electrons. The van der Waals surface area contributed by atoms with Crippen molar-refractivity contribution in [2.75, 3.05) is 19.6 Å². The molecule has 1 fully saturated rings. The first kappa shape index (κ1) is 15.9. The van der Waals surface area contributed by atoms with Crippen LogP contribution in [0.4, 0.5) is 0 Å². The third-order valence-electron chi connectivity index (χ3n) is 2.90. The van der Waals surface area contributed by atoms with Crippen LogP contribution >= 0.6 is 27.3 Å². The van der Waals surface area contributed by atoms with Gasteiger partial charge in [-0.15, -0.1) is 11.3 Å². The second-order valence-corrected chi connectivity index (χ2v) is 8.95. The monoisotopic (exact) mass is 381 g/mol. The minimum atomic E-state index is -3.61. The SMILES string of the molecule is O=C(CNS(=O)(=O)c1ccc(Br)s1)NC1CCCNC1. The highest BCUT2D eigenvalue weighted by molar-refractivity contribution is 9.11. The van der Waals surface area contributed by atoms with E-state index in [2.05, 4.69) is 31.3 Å². The second kappa shape index (κ2) is 6.99. The molecule has 1 aromatic rings. The van der Waals surface area contributed by atoms with E-state index >= 15 is 0 Å². The number of thiophene rings is 1. The fourth-order valence-electron chi connectivity index (χ4n) is 1.93. The number of hydrogen-bond donors (Lipinski definition) is 3. The molecule has 0 aromatic carbocycles. The molecule has 1 unspecified atom stereocenters. The standard InChI is InChI=1S/C11H16BrN3O3S2/c12-9-3-4-11(19-9)20(17,18)14-7-10(16)15-8-2-1-5-13-6-8/h3-4,8,13-14H,1-2,5-7H2,(H,15,16). The lowest BCUT2D eigenvalue weighted by Crippen LogP contribution is -2.48. The van der Waals surface area contributed by atoms with Crippen LogP contribution in [0.25, 0.3) is 0 Å². The molecule has 1 aliphatic heterocycles. The summed E-state index contributed by atoms with van der Waals surface area (Å²) >= 11 is 4.32. The number of hydrogen-bond acceptors (Lipinski definition) is 5. The lowest BCUT2D eigenvalue weighted by Gasteiger charge is -2.23. The maximum absolute atomic E-state index is 11.9.